The topological polar surface area (TPSA) is 24.5 Å². The van der Waals surface area contributed by atoms with E-state index in [-0.39, 0.29) is 5.60 Å². The summed E-state index contributed by atoms with van der Waals surface area (Å²) in [5.74, 6) is 0. The van der Waals surface area contributed by atoms with Crippen LogP contribution in [0.5, 0.6) is 0 Å². The van der Waals surface area contributed by atoms with E-state index in [1.807, 2.05) is 0 Å². The smallest absolute Gasteiger partial charge is 0.0757 e. The minimum atomic E-state index is -0.0122. The maximum Gasteiger partial charge on any atom is 0.0757 e. The van der Waals surface area contributed by atoms with Crippen molar-refractivity contribution in [3.8, 4) is 0 Å². The molecule has 0 amide bonds. The van der Waals surface area contributed by atoms with Crippen LogP contribution in [0, 0.1) is 5.41 Å². The van der Waals surface area contributed by atoms with Gasteiger partial charge in [0, 0.05) is 26.2 Å². The van der Waals surface area contributed by atoms with Crippen molar-refractivity contribution in [1.82, 2.24) is 10.2 Å². The maximum absolute atomic E-state index is 6.03. The zero-order valence-electron chi connectivity index (χ0n) is 14.6. The van der Waals surface area contributed by atoms with Gasteiger partial charge in [0.1, 0.15) is 0 Å². The Balaban J connectivity index is 2.64. The molecule has 20 heavy (non-hydrogen) atoms. The third-order valence-corrected chi connectivity index (χ3v) is 4.63. The maximum atomic E-state index is 6.03. The monoisotopic (exact) mass is 284 g/mol. The molecule has 1 rings (SSSR count). The molecule has 0 radical (unpaired) electrons. The van der Waals surface area contributed by atoms with Crippen LogP contribution in [0.15, 0.2) is 0 Å². The predicted octanol–water partition coefficient (Wildman–Crippen LogP) is 3.29. The minimum absolute atomic E-state index is 0.0122. The molecule has 1 unspecified atom stereocenters. The van der Waals surface area contributed by atoms with Gasteiger partial charge >= 0.3 is 0 Å². The van der Waals surface area contributed by atoms with E-state index in [1.165, 1.54) is 25.8 Å². The van der Waals surface area contributed by atoms with Gasteiger partial charge in [-0.3, -0.25) is 4.90 Å². The minimum Gasteiger partial charge on any atom is -0.370 e. The molecule has 1 atom stereocenters. The Bertz CT molecular complexity index is 274. The van der Waals surface area contributed by atoms with E-state index in [1.54, 1.807) is 0 Å². The summed E-state index contributed by atoms with van der Waals surface area (Å²) >= 11 is 0. The van der Waals surface area contributed by atoms with Gasteiger partial charge in [-0.05, 0) is 52.0 Å². The zero-order chi connectivity index (χ0) is 15.2. The van der Waals surface area contributed by atoms with Gasteiger partial charge in [0.25, 0.3) is 0 Å². The molecular formula is C17H36N2O. The van der Waals surface area contributed by atoms with Crippen molar-refractivity contribution in [2.24, 2.45) is 5.41 Å². The van der Waals surface area contributed by atoms with Crippen molar-refractivity contribution in [1.29, 1.82) is 0 Å². The summed E-state index contributed by atoms with van der Waals surface area (Å²) in [7, 11) is 0. The predicted molar refractivity (Wildman–Crippen MR) is 87.2 cm³/mol. The van der Waals surface area contributed by atoms with Gasteiger partial charge < -0.3 is 10.1 Å². The number of rotatable bonds is 8. The van der Waals surface area contributed by atoms with Gasteiger partial charge in [-0.15, -0.1) is 0 Å². The lowest BCUT2D eigenvalue weighted by atomic mass is 9.81. The SMILES string of the molecule is CCCNCC(CC)(CC)CN1CC(C)OC(C)(C)C1. The van der Waals surface area contributed by atoms with Crippen molar-refractivity contribution in [3.63, 3.8) is 0 Å². The highest BCUT2D eigenvalue weighted by Crippen LogP contribution is 2.30. The van der Waals surface area contributed by atoms with Gasteiger partial charge in [0.15, 0.2) is 0 Å². The van der Waals surface area contributed by atoms with Crippen LogP contribution < -0.4 is 5.32 Å². The molecule has 0 aliphatic carbocycles. The molecule has 3 nitrogen and oxygen atoms in total. The quantitative estimate of drug-likeness (QED) is 0.692. The van der Waals surface area contributed by atoms with Crippen LogP contribution in [0.4, 0.5) is 0 Å². The summed E-state index contributed by atoms with van der Waals surface area (Å²) in [4.78, 5) is 2.62. The normalized spacial score (nSPS) is 24.0. The molecular weight excluding hydrogens is 248 g/mol. The Hall–Kier alpha value is -0.120. The fourth-order valence-electron chi connectivity index (χ4n) is 3.49. The molecule has 1 heterocycles. The van der Waals surface area contributed by atoms with Crippen LogP contribution in [0.1, 0.15) is 60.8 Å². The molecule has 0 aromatic carbocycles. The van der Waals surface area contributed by atoms with Crippen molar-refractivity contribution in [2.45, 2.75) is 72.5 Å². The van der Waals surface area contributed by atoms with Crippen molar-refractivity contribution in [3.05, 3.63) is 0 Å². The molecule has 0 bridgehead atoms. The summed E-state index contributed by atoms with van der Waals surface area (Å²) in [5, 5.41) is 3.64. The zero-order valence-corrected chi connectivity index (χ0v) is 14.6. The lowest BCUT2D eigenvalue weighted by molar-refractivity contribution is -0.135. The lowest BCUT2D eigenvalue weighted by Gasteiger charge is -2.46. The molecule has 0 saturated carbocycles. The summed E-state index contributed by atoms with van der Waals surface area (Å²) in [5.41, 5.74) is 0.393. The molecule has 0 aromatic rings. The molecule has 1 saturated heterocycles. The van der Waals surface area contributed by atoms with E-state index < -0.39 is 0 Å². The standard InChI is InChI=1S/C17H36N2O/c1-7-10-18-12-17(8-2,9-3)14-19-11-15(4)20-16(5,6)13-19/h15,18H,7-14H2,1-6H3. The largest absolute Gasteiger partial charge is 0.370 e. The molecule has 1 aliphatic heterocycles. The molecule has 0 aromatic heterocycles. The average Bonchev–Trinajstić information content (AvgIpc) is 2.35. The van der Waals surface area contributed by atoms with Crippen LogP contribution in [-0.4, -0.2) is 49.3 Å². The van der Waals surface area contributed by atoms with Gasteiger partial charge in [0.05, 0.1) is 11.7 Å². The van der Waals surface area contributed by atoms with E-state index in [4.69, 9.17) is 4.74 Å². The van der Waals surface area contributed by atoms with Crippen LogP contribution in [0.3, 0.4) is 0 Å². The van der Waals surface area contributed by atoms with Crippen LogP contribution >= 0.6 is 0 Å². The van der Waals surface area contributed by atoms with E-state index >= 15 is 0 Å². The van der Waals surface area contributed by atoms with Crippen molar-refractivity contribution >= 4 is 0 Å². The summed E-state index contributed by atoms with van der Waals surface area (Å²) in [6, 6.07) is 0. The lowest BCUT2D eigenvalue weighted by Crippen LogP contribution is -2.55. The summed E-state index contributed by atoms with van der Waals surface area (Å²) in [6.07, 6.45) is 4.04. The second kappa shape index (κ2) is 7.77. The molecule has 1 fully saturated rings. The van der Waals surface area contributed by atoms with E-state index in [0.717, 1.165) is 26.2 Å². The van der Waals surface area contributed by atoms with E-state index in [0.29, 0.717) is 11.5 Å². The van der Waals surface area contributed by atoms with Gasteiger partial charge in [-0.25, -0.2) is 0 Å². The molecule has 1 aliphatic rings. The number of nitrogens with one attached hydrogen (secondary N) is 1. The average molecular weight is 284 g/mol. The fourth-order valence-corrected chi connectivity index (χ4v) is 3.49. The fraction of sp³-hybridized carbons (Fsp3) is 1.00. The highest BCUT2D eigenvalue weighted by Gasteiger charge is 2.35. The second-order valence-electron chi connectivity index (χ2n) is 7.24. The third-order valence-electron chi connectivity index (χ3n) is 4.63. The van der Waals surface area contributed by atoms with Crippen molar-refractivity contribution in [2.75, 3.05) is 32.7 Å². The first-order chi connectivity index (χ1) is 9.36. The summed E-state index contributed by atoms with van der Waals surface area (Å²) < 4.78 is 6.03. The Labute approximate surface area is 126 Å². The van der Waals surface area contributed by atoms with Crippen LogP contribution in [0.25, 0.3) is 0 Å². The number of hydrogen-bond acceptors (Lipinski definition) is 3. The number of nitrogens with zero attached hydrogens (tertiary/aromatic N) is 1. The van der Waals surface area contributed by atoms with Crippen LogP contribution in [0.2, 0.25) is 0 Å². The van der Waals surface area contributed by atoms with E-state index in [9.17, 15) is 0 Å². The second-order valence-corrected chi connectivity index (χ2v) is 7.24. The van der Waals surface area contributed by atoms with Gasteiger partial charge in [-0.1, -0.05) is 20.8 Å². The summed E-state index contributed by atoms with van der Waals surface area (Å²) in [6.45, 7) is 19.1. The Morgan fingerprint density at radius 1 is 1.25 bits per heavy atom. The number of hydrogen-bond donors (Lipinski definition) is 1. The first-order valence-corrected chi connectivity index (χ1v) is 8.47. The molecule has 0 spiro atoms. The van der Waals surface area contributed by atoms with Gasteiger partial charge in [-0.2, -0.15) is 0 Å². The number of morpholine rings is 1. The van der Waals surface area contributed by atoms with Crippen LogP contribution in [-0.2, 0) is 4.74 Å². The molecule has 3 heteroatoms. The first-order valence-electron chi connectivity index (χ1n) is 8.47. The van der Waals surface area contributed by atoms with Gasteiger partial charge in [0.2, 0.25) is 0 Å². The number of ether oxygens (including phenoxy) is 1. The Morgan fingerprint density at radius 2 is 1.90 bits per heavy atom. The highest BCUT2D eigenvalue weighted by molar-refractivity contribution is 4.89. The third kappa shape index (κ3) is 5.34. The van der Waals surface area contributed by atoms with Crippen molar-refractivity contribution < 1.29 is 4.74 Å². The Kier molecular flexibility index (Phi) is 6.96. The Morgan fingerprint density at radius 3 is 2.40 bits per heavy atom. The van der Waals surface area contributed by atoms with E-state index in [2.05, 4.69) is 51.8 Å². The highest BCUT2D eigenvalue weighted by atomic mass is 16.5. The first kappa shape index (κ1) is 17.9. The molecule has 120 valence electrons. The molecule has 1 N–H and O–H groups in total.